The van der Waals surface area contributed by atoms with Gasteiger partial charge in [0, 0.05) is 24.0 Å². The van der Waals surface area contributed by atoms with E-state index in [0.717, 1.165) is 48.9 Å². The molecule has 4 aromatic carbocycles. The molecule has 13 heteroatoms. The summed E-state index contributed by atoms with van der Waals surface area (Å²) in [4.78, 5) is 29.8. The smallest absolute Gasteiger partial charge is 0.352 e. The lowest BCUT2D eigenvalue weighted by molar-refractivity contribution is -0.140. The van der Waals surface area contributed by atoms with Gasteiger partial charge >= 0.3 is 6.18 Å². The largest absolute Gasteiger partial charge is 0.417 e. The van der Waals surface area contributed by atoms with Crippen LogP contribution in [0.2, 0.25) is 10.0 Å². The quantitative estimate of drug-likeness (QED) is 0.158. The van der Waals surface area contributed by atoms with Crippen LogP contribution >= 0.6 is 23.2 Å². The summed E-state index contributed by atoms with van der Waals surface area (Å²) >= 11 is 12.0. The zero-order chi connectivity index (χ0) is 36.1. The number of sulfonamides is 1. The lowest BCUT2D eigenvalue weighted by Gasteiger charge is -2.34. The fourth-order valence-corrected chi connectivity index (χ4v) is 7.72. The molecule has 1 aliphatic rings. The lowest BCUT2D eigenvalue weighted by atomic mass is 10.0. The SMILES string of the molecule is Cc1ccc(S(=O)(=O)N(CC(=O)N(Cc2ccc(Cl)cc2)[C@@H](Cc2ccccc2)C(=O)NC2CCCC2)c2ccc(Cl)c(C(F)(F)F)c2)cc1. The number of aryl methyl sites for hydroxylation is 1. The number of nitrogens with one attached hydrogen (secondary N) is 1. The maximum absolute atomic E-state index is 14.6. The number of nitrogens with zero attached hydrogens (tertiary/aromatic N) is 2. The number of rotatable bonds is 12. The molecular weight excluding hydrogens is 710 g/mol. The summed E-state index contributed by atoms with van der Waals surface area (Å²) in [7, 11) is -4.62. The summed E-state index contributed by atoms with van der Waals surface area (Å²) in [5, 5.41) is 2.90. The summed E-state index contributed by atoms with van der Waals surface area (Å²) in [6.45, 7) is 0.730. The van der Waals surface area contributed by atoms with Crippen molar-refractivity contribution in [3.63, 3.8) is 0 Å². The number of amides is 2. The van der Waals surface area contributed by atoms with Crippen molar-refractivity contribution < 1.29 is 31.2 Å². The van der Waals surface area contributed by atoms with Gasteiger partial charge in [0.2, 0.25) is 11.8 Å². The van der Waals surface area contributed by atoms with Crippen molar-refractivity contribution in [2.24, 2.45) is 0 Å². The van der Waals surface area contributed by atoms with Gasteiger partial charge in [-0.2, -0.15) is 13.2 Å². The average Bonchev–Trinajstić information content (AvgIpc) is 3.59. The van der Waals surface area contributed by atoms with Crippen LogP contribution in [0.4, 0.5) is 18.9 Å². The van der Waals surface area contributed by atoms with E-state index in [1.54, 1.807) is 55.5 Å². The number of anilines is 1. The second kappa shape index (κ2) is 15.9. The Morgan fingerprint density at radius 1 is 0.880 bits per heavy atom. The average molecular weight is 747 g/mol. The highest BCUT2D eigenvalue weighted by atomic mass is 35.5. The molecule has 0 spiro atoms. The van der Waals surface area contributed by atoms with Gasteiger partial charge in [-0.05, 0) is 73.4 Å². The van der Waals surface area contributed by atoms with E-state index < -0.39 is 56.9 Å². The minimum Gasteiger partial charge on any atom is -0.352 e. The monoisotopic (exact) mass is 745 g/mol. The first kappa shape index (κ1) is 37.2. The molecular formula is C37H36Cl2F3N3O4S. The van der Waals surface area contributed by atoms with Gasteiger partial charge in [0.05, 0.1) is 21.2 Å². The zero-order valence-electron chi connectivity index (χ0n) is 27.2. The van der Waals surface area contributed by atoms with Crippen LogP contribution in [-0.2, 0) is 38.8 Å². The summed E-state index contributed by atoms with van der Waals surface area (Å²) in [6, 6.07) is 22.9. The fourth-order valence-electron chi connectivity index (χ4n) is 5.96. The number of benzene rings is 4. The van der Waals surface area contributed by atoms with Gasteiger partial charge in [0.1, 0.15) is 12.6 Å². The highest BCUT2D eigenvalue weighted by Gasteiger charge is 2.38. The van der Waals surface area contributed by atoms with Crippen molar-refractivity contribution in [1.82, 2.24) is 10.2 Å². The van der Waals surface area contributed by atoms with Crippen LogP contribution in [0.25, 0.3) is 0 Å². The Balaban J connectivity index is 1.61. The first-order chi connectivity index (χ1) is 23.7. The molecule has 0 radical (unpaired) electrons. The van der Waals surface area contributed by atoms with Gasteiger partial charge < -0.3 is 10.2 Å². The molecule has 1 N–H and O–H groups in total. The van der Waals surface area contributed by atoms with Crippen molar-refractivity contribution >= 4 is 50.7 Å². The number of hydrogen-bond acceptors (Lipinski definition) is 4. The van der Waals surface area contributed by atoms with Gasteiger partial charge in [0.15, 0.2) is 0 Å². The van der Waals surface area contributed by atoms with Crippen LogP contribution in [0.1, 0.15) is 47.9 Å². The molecule has 0 aromatic heterocycles. The van der Waals surface area contributed by atoms with Crippen LogP contribution in [-0.4, -0.2) is 43.8 Å². The topological polar surface area (TPSA) is 86.8 Å². The Morgan fingerprint density at radius 2 is 1.52 bits per heavy atom. The van der Waals surface area contributed by atoms with E-state index in [1.165, 1.54) is 17.0 Å². The molecule has 0 saturated heterocycles. The number of halogens is 5. The third-order valence-electron chi connectivity index (χ3n) is 8.67. The van der Waals surface area contributed by atoms with Crippen LogP contribution in [0.5, 0.6) is 0 Å². The molecule has 0 unspecified atom stereocenters. The number of hydrogen-bond donors (Lipinski definition) is 1. The molecule has 1 atom stereocenters. The van der Waals surface area contributed by atoms with Crippen LogP contribution in [0.3, 0.4) is 0 Å². The maximum atomic E-state index is 14.6. The van der Waals surface area contributed by atoms with Crippen LogP contribution in [0, 0.1) is 6.92 Å². The molecule has 50 heavy (non-hydrogen) atoms. The van der Waals surface area contributed by atoms with E-state index in [1.807, 2.05) is 18.2 Å². The first-order valence-corrected chi connectivity index (χ1v) is 18.3. The molecule has 0 heterocycles. The van der Waals surface area contributed by atoms with E-state index in [9.17, 15) is 31.2 Å². The van der Waals surface area contributed by atoms with Gasteiger partial charge in [-0.1, -0.05) is 96.2 Å². The number of carbonyl (C=O) groups is 2. The molecule has 4 aromatic rings. The van der Waals surface area contributed by atoms with Crippen molar-refractivity contribution in [3.05, 3.63) is 129 Å². The number of carbonyl (C=O) groups excluding carboxylic acids is 2. The fraction of sp³-hybridized carbons (Fsp3) is 0.297. The van der Waals surface area contributed by atoms with Crippen molar-refractivity contribution in [2.45, 2.75) is 68.7 Å². The molecule has 7 nitrogen and oxygen atoms in total. The van der Waals surface area contributed by atoms with E-state index in [0.29, 0.717) is 21.0 Å². The van der Waals surface area contributed by atoms with Gasteiger partial charge in [-0.3, -0.25) is 13.9 Å². The summed E-state index contributed by atoms with van der Waals surface area (Å²) in [5.41, 5.74) is 0.433. The molecule has 2 amide bonds. The highest BCUT2D eigenvalue weighted by molar-refractivity contribution is 7.92. The van der Waals surface area contributed by atoms with Crippen molar-refractivity contribution in [2.75, 3.05) is 10.8 Å². The molecule has 0 bridgehead atoms. The molecule has 5 rings (SSSR count). The van der Waals surface area contributed by atoms with Crippen molar-refractivity contribution in [1.29, 1.82) is 0 Å². The second-order valence-electron chi connectivity index (χ2n) is 12.3. The van der Waals surface area contributed by atoms with E-state index in [-0.39, 0.29) is 23.9 Å². The summed E-state index contributed by atoms with van der Waals surface area (Å²) in [6.07, 6.45) is -1.33. The van der Waals surface area contributed by atoms with E-state index in [4.69, 9.17) is 23.2 Å². The third-order valence-corrected chi connectivity index (χ3v) is 11.0. The Bertz CT molecular complexity index is 1900. The normalized spacial score (nSPS) is 14.3. The Hall–Kier alpha value is -4.06. The minimum absolute atomic E-state index is 0.0819. The lowest BCUT2D eigenvalue weighted by Crippen LogP contribution is -2.54. The Kier molecular flexibility index (Phi) is 11.8. The minimum atomic E-state index is -4.91. The Labute approximate surface area is 300 Å². The first-order valence-electron chi connectivity index (χ1n) is 16.1. The van der Waals surface area contributed by atoms with Gasteiger partial charge in [0.25, 0.3) is 10.0 Å². The van der Waals surface area contributed by atoms with E-state index >= 15 is 0 Å². The molecule has 1 aliphatic carbocycles. The number of alkyl halides is 3. The second-order valence-corrected chi connectivity index (χ2v) is 15.0. The standard InChI is InChI=1S/C37H36Cl2F3N3O4S/c1-25-11-18-31(19-12-25)50(48,49)45(30-17-20-33(39)32(22-30)37(40,41)42)24-35(46)44(23-27-13-15-28(38)16-14-27)34(21-26-7-3-2-4-8-26)36(47)43-29-9-5-6-10-29/h2-4,7-8,11-20,22,29,34H,5-6,9-10,21,23-24H2,1H3,(H,43,47)/t34-/m0/s1. The Morgan fingerprint density at radius 3 is 2.14 bits per heavy atom. The van der Waals surface area contributed by atoms with Crippen LogP contribution in [0.15, 0.2) is 102 Å². The summed E-state index contributed by atoms with van der Waals surface area (Å²) < 4.78 is 71.1. The van der Waals surface area contributed by atoms with E-state index in [2.05, 4.69) is 5.32 Å². The maximum Gasteiger partial charge on any atom is 0.417 e. The van der Waals surface area contributed by atoms with Gasteiger partial charge in [-0.15, -0.1) is 0 Å². The van der Waals surface area contributed by atoms with Gasteiger partial charge in [-0.25, -0.2) is 8.42 Å². The molecule has 1 saturated carbocycles. The highest BCUT2D eigenvalue weighted by Crippen LogP contribution is 2.38. The third kappa shape index (κ3) is 9.18. The molecule has 1 fully saturated rings. The predicted octanol–water partition coefficient (Wildman–Crippen LogP) is 8.21. The predicted molar refractivity (Wildman–Crippen MR) is 188 cm³/mol. The zero-order valence-corrected chi connectivity index (χ0v) is 29.5. The molecule has 0 aliphatic heterocycles. The van der Waals surface area contributed by atoms with Crippen LogP contribution < -0.4 is 9.62 Å². The molecule has 264 valence electrons. The van der Waals surface area contributed by atoms with Crippen molar-refractivity contribution in [3.8, 4) is 0 Å². The summed E-state index contributed by atoms with van der Waals surface area (Å²) in [5.74, 6) is -1.22.